The van der Waals surface area contributed by atoms with E-state index in [1.807, 2.05) is 30.3 Å². The van der Waals surface area contributed by atoms with Crippen LogP contribution in [0.25, 0.3) is 0 Å². The van der Waals surface area contributed by atoms with E-state index in [9.17, 15) is 29.5 Å². The summed E-state index contributed by atoms with van der Waals surface area (Å²) in [5.41, 5.74) is 4.73. The predicted octanol–water partition coefficient (Wildman–Crippen LogP) is 0.654. The molecule has 0 spiro atoms. The van der Waals surface area contributed by atoms with Crippen LogP contribution in [0.5, 0.6) is 0 Å². The number of benzene rings is 1. The molecule has 15 heteroatoms. The van der Waals surface area contributed by atoms with Crippen LogP contribution in [0, 0.1) is 11.3 Å². The number of carbonyl (C=O) groups excluding carboxylic acids is 1. The summed E-state index contributed by atoms with van der Waals surface area (Å²) < 4.78 is 31.4. The number of aliphatic hydroxyl groups excluding tert-OH is 2. The number of hydrogen-bond acceptors (Lipinski definition) is 12. The van der Waals surface area contributed by atoms with Crippen molar-refractivity contribution in [2.45, 2.75) is 44.4 Å². The number of anilines is 1. The van der Waals surface area contributed by atoms with E-state index in [-0.39, 0.29) is 43.1 Å². The summed E-state index contributed by atoms with van der Waals surface area (Å²) in [5.74, 6) is -2.46. The van der Waals surface area contributed by atoms with Gasteiger partial charge in [-0.25, -0.2) is 14.4 Å². The molecule has 2 fully saturated rings. The van der Waals surface area contributed by atoms with Gasteiger partial charge in [-0.3, -0.25) is 18.4 Å². The van der Waals surface area contributed by atoms with E-state index in [1.165, 1.54) is 12.3 Å². The van der Waals surface area contributed by atoms with Gasteiger partial charge >= 0.3 is 13.4 Å². The molecule has 1 aromatic carbocycles. The maximum atomic E-state index is 13.5. The molecule has 39 heavy (non-hydrogen) atoms. The fourth-order valence-corrected chi connectivity index (χ4v) is 6.50. The SMILES string of the molecule is CC(C)(CO)C(=O)SCCOP(=O)(NCc1ccccc1)OC[C@H]1OC2(O)C(C1O)[C@@H]2n1ccc(N)nc1=O. The first-order valence-electron chi connectivity index (χ1n) is 12.3. The molecule has 0 amide bonds. The quantitative estimate of drug-likeness (QED) is 0.163. The van der Waals surface area contributed by atoms with E-state index in [1.54, 1.807) is 13.8 Å². The van der Waals surface area contributed by atoms with Crippen molar-refractivity contribution in [3.8, 4) is 0 Å². The smallest absolute Gasteiger partial charge is 0.395 e. The van der Waals surface area contributed by atoms with Gasteiger partial charge in [0.15, 0.2) is 10.9 Å². The van der Waals surface area contributed by atoms with E-state index in [2.05, 4.69) is 10.1 Å². The van der Waals surface area contributed by atoms with E-state index < -0.39 is 48.8 Å². The molecule has 13 nitrogen and oxygen atoms in total. The number of hydrogen-bond donors (Lipinski definition) is 5. The first kappa shape index (κ1) is 29.8. The fraction of sp³-hybridized carbons (Fsp3) is 0.542. The first-order valence-corrected chi connectivity index (χ1v) is 14.8. The zero-order valence-electron chi connectivity index (χ0n) is 21.5. The van der Waals surface area contributed by atoms with Crippen molar-refractivity contribution in [1.29, 1.82) is 0 Å². The van der Waals surface area contributed by atoms with E-state index in [0.29, 0.717) is 0 Å². The highest BCUT2D eigenvalue weighted by atomic mass is 32.2. The van der Waals surface area contributed by atoms with Gasteiger partial charge < -0.3 is 25.8 Å². The number of rotatable bonds is 13. The van der Waals surface area contributed by atoms with Gasteiger partial charge in [-0.2, -0.15) is 4.98 Å². The summed E-state index contributed by atoms with van der Waals surface area (Å²) in [4.78, 5) is 28.0. The third-order valence-electron chi connectivity index (χ3n) is 6.63. The highest BCUT2D eigenvalue weighted by molar-refractivity contribution is 8.13. The number of nitrogen functional groups attached to an aromatic ring is 1. The van der Waals surface area contributed by atoms with Gasteiger partial charge in [-0.15, -0.1) is 0 Å². The number of nitrogens with two attached hydrogens (primary N) is 1. The van der Waals surface area contributed by atoms with Crippen molar-refractivity contribution >= 4 is 30.4 Å². The summed E-state index contributed by atoms with van der Waals surface area (Å²) in [6, 6.07) is 9.67. The molecular weight excluding hydrogens is 551 g/mol. The van der Waals surface area contributed by atoms with Crippen LogP contribution in [0.2, 0.25) is 0 Å². The molecule has 0 radical (unpaired) electrons. The van der Waals surface area contributed by atoms with Crippen molar-refractivity contribution in [2.24, 2.45) is 11.3 Å². The minimum atomic E-state index is -3.96. The van der Waals surface area contributed by atoms with Crippen molar-refractivity contribution in [2.75, 3.05) is 31.3 Å². The molecule has 1 aliphatic heterocycles. The summed E-state index contributed by atoms with van der Waals surface area (Å²) in [7, 11) is -3.96. The average molecular weight is 585 g/mol. The Hall–Kier alpha value is -2.13. The number of nitrogens with one attached hydrogen (secondary N) is 1. The molecule has 0 bridgehead atoms. The molecule has 1 aromatic heterocycles. The molecule has 1 saturated heterocycles. The molecule has 4 rings (SSSR count). The lowest BCUT2D eigenvalue weighted by molar-refractivity contribution is -0.161. The van der Waals surface area contributed by atoms with Gasteiger partial charge in [0.05, 0.1) is 37.3 Å². The van der Waals surface area contributed by atoms with Crippen LogP contribution in [0.4, 0.5) is 5.82 Å². The molecule has 214 valence electrons. The highest BCUT2D eigenvalue weighted by Gasteiger charge is 2.76. The van der Waals surface area contributed by atoms with Crippen LogP contribution in [0.15, 0.2) is 47.4 Å². The highest BCUT2D eigenvalue weighted by Crippen LogP contribution is 2.62. The van der Waals surface area contributed by atoms with Crippen LogP contribution in [0.3, 0.4) is 0 Å². The number of thioether (sulfide) groups is 1. The lowest BCUT2D eigenvalue weighted by Gasteiger charge is -2.25. The van der Waals surface area contributed by atoms with Crippen LogP contribution in [-0.4, -0.2) is 73.6 Å². The third-order valence-corrected chi connectivity index (χ3v) is 9.37. The second-order valence-electron chi connectivity index (χ2n) is 10.0. The number of aliphatic hydroxyl groups is 3. The monoisotopic (exact) mass is 584 g/mol. The molecule has 2 aliphatic rings. The van der Waals surface area contributed by atoms with Crippen molar-refractivity contribution in [1.82, 2.24) is 14.6 Å². The second-order valence-corrected chi connectivity index (χ2v) is 12.9. The Balaban J connectivity index is 1.36. The summed E-state index contributed by atoms with van der Waals surface area (Å²) >= 11 is 0.946. The lowest BCUT2D eigenvalue weighted by atomic mass is 9.97. The van der Waals surface area contributed by atoms with Crippen LogP contribution < -0.4 is 16.5 Å². The van der Waals surface area contributed by atoms with Crippen LogP contribution in [-0.2, 0) is 29.7 Å². The first-order chi connectivity index (χ1) is 18.4. The van der Waals surface area contributed by atoms with Gasteiger partial charge in [0.25, 0.3) is 0 Å². The number of carbonyl (C=O) groups is 1. The van der Waals surface area contributed by atoms with Gasteiger partial charge in [-0.05, 0) is 25.5 Å². The maximum absolute atomic E-state index is 13.5. The van der Waals surface area contributed by atoms with E-state index in [4.69, 9.17) is 19.5 Å². The molecule has 4 unspecified atom stereocenters. The van der Waals surface area contributed by atoms with E-state index >= 15 is 0 Å². The van der Waals surface area contributed by atoms with Crippen LogP contribution in [0.1, 0.15) is 25.5 Å². The third kappa shape index (κ3) is 6.62. The Morgan fingerprint density at radius 1 is 1.31 bits per heavy atom. The normalized spacial score (nSPS) is 27.6. The summed E-state index contributed by atoms with van der Waals surface area (Å²) in [6.45, 7) is 2.60. The zero-order valence-corrected chi connectivity index (χ0v) is 23.2. The maximum Gasteiger partial charge on any atom is 0.405 e. The number of aromatic nitrogens is 2. The molecular formula is C24H33N4O9PS. The molecule has 2 aromatic rings. The summed E-state index contributed by atoms with van der Waals surface area (Å²) in [6.07, 6.45) is -0.918. The minimum Gasteiger partial charge on any atom is -0.395 e. The largest absolute Gasteiger partial charge is 0.405 e. The molecule has 1 saturated carbocycles. The van der Waals surface area contributed by atoms with Gasteiger partial charge in [0, 0.05) is 18.5 Å². The Kier molecular flexibility index (Phi) is 9.01. The van der Waals surface area contributed by atoms with Crippen molar-refractivity contribution < 1.29 is 38.5 Å². The Labute approximate surface area is 229 Å². The predicted molar refractivity (Wildman–Crippen MR) is 142 cm³/mol. The lowest BCUT2D eigenvalue weighted by Crippen LogP contribution is -2.36. The van der Waals surface area contributed by atoms with E-state index in [0.717, 1.165) is 21.9 Å². The van der Waals surface area contributed by atoms with Crippen molar-refractivity contribution in [3.63, 3.8) is 0 Å². The number of ether oxygens (including phenoxy) is 1. The minimum absolute atomic E-state index is 0.0282. The standard InChI is InChI=1S/C24H33N4O9PS/c1-23(2,14-29)21(31)39-11-10-35-38(34,26-12-15-6-4-3-5-7-15)36-13-16-19(30)18-20(24(18,33)37-16)28-9-8-17(25)27-22(28)32/h3-9,16,18-20,29-30,33H,10-14H2,1-2H3,(H,26,34)(H2,25,27,32)/t16-,18?,19?,20+,24?,38?/m1/s1. The zero-order chi connectivity index (χ0) is 28.4. The van der Waals surface area contributed by atoms with Gasteiger partial charge in [0.2, 0.25) is 0 Å². The molecule has 2 heterocycles. The fourth-order valence-electron chi connectivity index (χ4n) is 4.26. The number of nitrogens with zero attached hydrogens (tertiary/aromatic N) is 2. The van der Waals surface area contributed by atoms with Crippen LogP contribution >= 0.6 is 19.5 Å². The van der Waals surface area contributed by atoms with Gasteiger partial charge in [0.1, 0.15) is 18.0 Å². The number of fused-ring (bicyclic) bond motifs is 1. The molecule has 1 aliphatic carbocycles. The molecule has 6 atom stereocenters. The van der Waals surface area contributed by atoms with Crippen molar-refractivity contribution in [3.05, 3.63) is 58.6 Å². The average Bonchev–Trinajstić information content (AvgIpc) is 3.42. The van der Waals surface area contributed by atoms with Gasteiger partial charge in [-0.1, -0.05) is 42.1 Å². The Morgan fingerprint density at radius 3 is 2.64 bits per heavy atom. The Bertz CT molecular complexity index is 1280. The molecule has 6 N–H and O–H groups in total. The second kappa shape index (κ2) is 11.8. The summed E-state index contributed by atoms with van der Waals surface area (Å²) in [5, 5.41) is 33.6. The Morgan fingerprint density at radius 2 is 2.03 bits per heavy atom. The topological polar surface area (TPSA) is 195 Å².